The Morgan fingerprint density at radius 1 is 0.857 bits per heavy atom. The lowest BCUT2D eigenvalue weighted by Gasteiger charge is -2.20. The zero-order valence-corrected chi connectivity index (χ0v) is 16.6. The zero-order chi connectivity index (χ0) is 19.2. The summed E-state index contributed by atoms with van der Waals surface area (Å²) in [5.41, 5.74) is 5.65. The van der Waals surface area contributed by atoms with Crippen molar-refractivity contribution in [3.8, 4) is 5.75 Å². The van der Waals surface area contributed by atoms with Crippen LogP contribution in [0.1, 0.15) is 41.0 Å². The molecule has 0 bridgehead atoms. The van der Waals surface area contributed by atoms with Crippen LogP contribution in [0.25, 0.3) is 0 Å². The first-order valence-corrected chi connectivity index (χ1v) is 10.3. The fraction of sp³-hybridized carbons (Fsp3) is 0.308. The minimum atomic E-state index is 0.575. The van der Waals surface area contributed by atoms with Crippen molar-refractivity contribution in [3.63, 3.8) is 0 Å². The molecule has 0 aliphatic heterocycles. The van der Waals surface area contributed by atoms with Crippen molar-refractivity contribution in [2.24, 2.45) is 0 Å². The average molecular weight is 372 g/mol. The summed E-state index contributed by atoms with van der Waals surface area (Å²) in [6.07, 6.45) is 4.72. The van der Waals surface area contributed by atoms with Gasteiger partial charge in [0.2, 0.25) is 0 Å². The number of ether oxygens (including phenoxy) is 1. The molecule has 0 saturated heterocycles. The number of nitrogens with one attached hydrogen (secondary N) is 1. The summed E-state index contributed by atoms with van der Waals surface area (Å²) in [5.74, 6) is 1.57. The largest absolute Gasteiger partial charge is 0.489 e. The van der Waals surface area contributed by atoms with Gasteiger partial charge in [0.1, 0.15) is 12.4 Å². The van der Waals surface area contributed by atoms with Gasteiger partial charge in [0.15, 0.2) is 0 Å². The zero-order valence-electron chi connectivity index (χ0n) is 16.6. The molecule has 0 radical (unpaired) electrons. The maximum atomic E-state index is 5.89. The third-order valence-electron chi connectivity index (χ3n) is 5.90. The van der Waals surface area contributed by atoms with E-state index >= 15 is 0 Å². The summed E-state index contributed by atoms with van der Waals surface area (Å²) in [6, 6.07) is 28.4. The fourth-order valence-corrected chi connectivity index (χ4v) is 4.36. The highest BCUT2D eigenvalue weighted by molar-refractivity contribution is 5.37. The molecule has 2 nitrogen and oxygen atoms in total. The van der Waals surface area contributed by atoms with Crippen molar-refractivity contribution in [1.29, 1.82) is 0 Å². The van der Waals surface area contributed by atoms with Crippen LogP contribution in [0.3, 0.4) is 0 Å². The first-order valence-electron chi connectivity index (χ1n) is 10.3. The van der Waals surface area contributed by atoms with Gasteiger partial charge in [-0.2, -0.15) is 0 Å². The number of likely N-dealkylation sites (N-methyl/N-ethyl adjacent to an activating group) is 1. The molecule has 1 aliphatic carbocycles. The molecule has 0 fully saturated rings. The minimum Gasteiger partial charge on any atom is -0.489 e. The van der Waals surface area contributed by atoms with Gasteiger partial charge in [-0.15, -0.1) is 0 Å². The molecular formula is C26H29NO. The lowest BCUT2D eigenvalue weighted by atomic mass is 9.91. The van der Waals surface area contributed by atoms with Crippen molar-refractivity contribution in [2.45, 2.75) is 44.2 Å². The number of fused-ring (bicyclic) bond motifs is 1. The molecule has 144 valence electrons. The maximum absolute atomic E-state index is 5.89. The molecule has 3 aromatic carbocycles. The third kappa shape index (κ3) is 4.45. The van der Waals surface area contributed by atoms with Gasteiger partial charge < -0.3 is 10.1 Å². The van der Waals surface area contributed by atoms with Crippen LogP contribution >= 0.6 is 0 Å². The van der Waals surface area contributed by atoms with Gasteiger partial charge >= 0.3 is 0 Å². The van der Waals surface area contributed by atoms with Crippen LogP contribution in [0.4, 0.5) is 0 Å². The Kier molecular flexibility index (Phi) is 6.08. The van der Waals surface area contributed by atoms with Crippen LogP contribution in [0.15, 0.2) is 78.9 Å². The van der Waals surface area contributed by atoms with Crippen LogP contribution in [-0.2, 0) is 19.4 Å². The SMILES string of the molecule is CN[C@H]1Cc2ccccc2[C@H]1CCCc1ccc(OCc2ccccc2)cc1. The summed E-state index contributed by atoms with van der Waals surface area (Å²) in [4.78, 5) is 0. The summed E-state index contributed by atoms with van der Waals surface area (Å²) in [6.45, 7) is 0.618. The van der Waals surface area contributed by atoms with Crippen molar-refractivity contribution in [3.05, 3.63) is 101 Å². The average Bonchev–Trinajstić information content (AvgIpc) is 3.12. The molecule has 2 heteroatoms. The number of hydrogen-bond donors (Lipinski definition) is 1. The first kappa shape index (κ1) is 18.8. The van der Waals surface area contributed by atoms with E-state index in [2.05, 4.69) is 73.0 Å². The Labute approximate surface area is 168 Å². The van der Waals surface area contributed by atoms with Crippen molar-refractivity contribution in [2.75, 3.05) is 7.05 Å². The van der Waals surface area contributed by atoms with E-state index in [9.17, 15) is 0 Å². The van der Waals surface area contributed by atoms with Crippen LogP contribution in [0, 0.1) is 0 Å². The van der Waals surface area contributed by atoms with Crippen LogP contribution in [0.2, 0.25) is 0 Å². The monoisotopic (exact) mass is 371 g/mol. The molecule has 0 heterocycles. The highest BCUT2D eigenvalue weighted by Crippen LogP contribution is 2.36. The normalized spacial score (nSPS) is 18.0. The number of hydrogen-bond acceptors (Lipinski definition) is 2. The van der Waals surface area contributed by atoms with Gasteiger partial charge in [-0.25, -0.2) is 0 Å². The molecule has 2 atom stereocenters. The smallest absolute Gasteiger partial charge is 0.119 e. The van der Waals surface area contributed by atoms with E-state index < -0.39 is 0 Å². The van der Waals surface area contributed by atoms with E-state index in [1.807, 2.05) is 18.2 Å². The first-order chi connectivity index (χ1) is 13.8. The molecule has 0 spiro atoms. The summed E-state index contributed by atoms with van der Waals surface area (Å²) in [5, 5.41) is 3.53. The molecule has 1 aliphatic rings. The Morgan fingerprint density at radius 3 is 2.39 bits per heavy atom. The van der Waals surface area contributed by atoms with E-state index in [1.165, 1.54) is 29.5 Å². The number of benzene rings is 3. The standard InChI is InChI=1S/C26H29NO/c1-27-26-18-22-11-5-6-12-24(22)25(26)13-7-10-20-14-16-23(17-15-20)28-19-21-8-3-2-4-9-21/h2-6,8-9,11-12,14-17,25-27H,7,10,13,18-19H2,1H3/t25-,26+/m1/s1. The highest BCUT2D eigenvalue weighted by Gasteiger charge is 2.30. The van der Waals surface area contributed by atoms with Gasteiger partial charge in [-0.05, 0) is 73.0 Å². The Bertz CT molecular complexity index is 872. The molecule has 4 rings (SSSR count). The summed E-state index contributed by atoms with van der Waals surface area (Å²) < 4.78 is 5.89. The van der Waals surface area contributed by atoms with E-state index in [0.717, 1.165) is 18.6 Å². The quantitative estimate of drug-likeness (QED) is 0.563. The molecule has 0 aromatic heterocycles. The second kappa shape index (κ2) is 9.07. The van der Waals surface area contributed by atoms with Crippen LogP contribution in [-0.4, -0.2) is 13.1 Å². The van der Waals surface area contributed by atoms with Crippen LogP contribution in [0.5, 0.6) is 5.75 Å². The van der Waals surface area contributed by atoms with Crippen molar-refractivity contribution < 1.29 is 4.74 Å². The lowest BCUT2D eigenvalue weighted by Crippen LogP contribution is -2.29. The van der Waals surface area contributed by atoms with E-state index in [0.29, 0.717) is 18.6 Å². The fourth-order valence-electron chi connectivity index (χ4n) is 4.36. The van der Waals surface area contributed by atoms with Gasteiger partial charge in [-0.3, -0.25) is 0 Å². The summed E-state index contributed by atoms with van der Waals surface area (Å²) >= 11 is 0. The molecular weight excluding hydrogens is 342 g/mol. The molecule has 0 saturated carbocycles. The molecule has 1 N–H and O–H groups in total. The van der Waals surface area contributed by atoms with E-state index in [-0.39, 0.29) is 0 Å². The van der Waals surface area contributed by atoms with Crippen molar-refractivity contribution >= 4 is 0 Å². The van der Waals surface area contributed by atoms with Crippen LogP contribution < -0.4 is 10.1 Å². The second-order valence-electron chi connectivity index (χ2n) is 7.72. The Morgan fingerprint density at radius 2 is 1.61 bits per heavy atom. The maximum Gasteiger partial charge on any atom is 0.119 e. The second-order valence-corrected chi connectivity index (χ2v) is 7.72. The van der Waals surface area contributed by atoms with Gasteiger partial charge in [0.05, 0.1) is 0 Å². The summed E-state index contributed by atoms with van der Waals surface area (Å²) in [7, 11) is 2.09. The minimum absolute atomic E-state index is 0.575. The molecule has 0 unspecified atom stereocenters. The predicted octanol–water partition coefficient (Wildman–Crippen LogP) is 5.52. The Hall–Kier alpha value is -2.58. The van der Waals surface area contributed by atoms with Gasteiger partial charge in [-0.1, -0.05) is 66.7 Å². The highest BCUT2D eigenvalue weighted by atomic mass is 16.5. The third-order valence-corrected chi connectivity index (χ3v) is 5.90. The molecule has 0 amide bonds. The van der Waals surface area contributed by atoms with Gasteiger partial charge in [0, 0.05) is 6.04 Å². The predicted molar refractivity (Wildman–Crippen MR) is 116 cm³/mol. The Balaban J connectivity index is 1.28. The van der Waals surface area contributed by atoms with E-state index in [4.69, 9.17) is 4.74 Å². The number of aryl methyl sites for hydroxylation is 1. The van der Waals surface area contributed by atoms with Gasteiger partial charge in [0.25, 0.3) is 0 Å². The number of rotatable bonds is 8. The van der Waals surface area contributed by atoms with E-state index in [1.54, 1.807) is 5.56 Å². The topological polar surface area (TPSA) is 21.3 Å². The lowest BCUT2D eigenvalue weighted by molar-refractivity contribution is 0.306. The molecule has 3 aromatic rings. The van der Waals surface area contributed by atoms with Crippen molar-refractivity contribution in [1.82, 2.24) is 5.32 Å². The molecule has 28 heavy (non-hydrogen) atoms.